The molecule has 0 saturated carbocycles. The summed E-state index contributed by atoms with van der Waals surface area (Å²) in [5.74, 6) is 0.740. The Morgan fingerprint density at radius 1 is 1.28 bits per heavy atom. The zero-order valence-electron chi connectivity index (χ0n) is 12.0. The van der Waals surface area contributed by atoms with Crippen LogP contribution in [0.25, 0.3) is 0 Å². The van der Waals surface area contributed by atoms with Crippen LogP contribution < -0.4 is 5.73 Å². The summed E-state index contributed by atoms with van der Waals surface area (Å²) in [4.78, 5) is 5.14. The molecule has 0 aliphatic carbocycles. The Hall–Kier alpha value is -0.160. The predicted octanol–water partition coefficient (Wildman–Crippen LogP) is 0.766. The molecular weight excluding hydrogens is 226 g/mol. The third-order valence-electron chi connectivity index (χ3n) is 4.80. The van der Waals surface area contributed by atoms with Gasteiger partial charge in [-0.1, -0.05) is 6.92 Å². The van der Waals surface area contributed by atoms with Crippen molar-refractivity contribution < 1.29 is 4.74 Å². The standard InChI is InChI=1S/C14H29N3O/c1-3-13-11-17(7-6-16(13)2)14(10-15)12-4-8-18-9-5-12/h12-14H,3-11,15H2,1-2H3. The normalized spacial score (nSPS) is 30.5. The van der Waals surface area contributed by atoms with E-state index >= 15 is 0 Å². The second-order valence-corrected chi connectivity index (χ2v) is 5.79. The first-order valence-corrected chi connectivity index (χ1v) is 7.48. The molecule has 4 heteroatoms. The number of hydrogen-bond donors (Lipinski definition) is 1. The number of rotatable bonds is 4. The van der Waals surface area contributed by atoms with Crippen LogP contribution in [0, 0.1) is 5.92 Å². The number of hydrogen-bond acceptors (Lipinski definition) is 4. The molecule has 2 rings (SSSR count). The highest BCUT2D eigenvalue weighted by atomic mass is 16.5. The Kier molecular flexibility index (Phi) is 5.42. The van der Waals surface area contributed by atoms with Gasteiger partial charge in [-0.2, -0.15) is 0 Å². The molecule has 0 spiro atoms. The quantitative estimate of drug-likeness (QED) is 0.805. The summed E-state index contributed by atoms with van der Waals surface area (Å²) in [5, 5.41) is 0. The van der Waals surface area contributed by atoms with E-state index in [1.807, 2.05) is 0 Å². The van der Waals surface area contributed by atoms with Gasteiger partial charge < -0.3 is 15.4 Å². The average molecular weight is 255 g/mol. The molecule has 2 fully saturated rings. The largest absolute Gasteiger partial charge is 0.381 e. The molecule has 0 amide bonds. The van der Waals surface area contributed by atoms with Crippen molar-refractivity contribution in [2.75, 3.05) is 46.4 Å². The molecule has 0 bridgehead atoms. The fourth-order valence-corrected chi connectivity index (χ4v) is 3.45. The van der Waals surface area contributed by atoms with E-state index in [0.29, 0.717) is 12.1 Å². The van der Waals surface area contributed by atoms with Crippen LogP contribution in [0.1, 0.15) is 26.2 Å². The zero-order valence-corrected chi connectivity index (χ0v) is 12.0. The minimum atomic E-state index is 0.566. The van der Waals surface area contributed by atoms with Crippen molar-refractivity contribution in [3.05, 3.63) is 0 Å². The summed E-state index contributed by atoms with van der Waals surface area (Å²) in [7, 11) is 2.25. The van der Waals surface area contributed by atoms with Crippen LogP contribution in [0.2, 0.25) is 0 Å². The smallest absolute Gasteiger partial charge is 0.0469 e. The summed E-state index contributed by atoms with van der Waals surface area (Å²) in [6, 6.07) is 1.27. The third-order valence-corrected chi connectivity index (χ3v) is 4.80. The summed E-state index contributed by atoms with van der Waals surface area (Å²) in [6.07, 6.45) is 3.61. The molecule has 18 heavy (non-hydrogen) atoms. The third kappa shape index (κ3) is 3.23. The van der Waals surface area contributed by atoms with Crippen LogP contribution in [0.5, 0.6) is 0 Å². The van der Waals surface area contributed by atoms with Crippen molar-refractivity contribution in [1.82, 2.24) is 9.80 Å². The topological polar surface area (TPSA) is 41.7 Å². The van der Waals surface area contributed by atoms with Crippen LogP contribution in [0.4, 0.5) is 0 Å². The molecule has 2 heterocycles. The highest BCUT2D eigenvalue weighted by molar-refractivity contribution is 4.88. The Bertz CT molecular complexity index is 243. The summed E-state index contributed by atoms with van der Waals surface area (Å²) in [5.41, 5.74) is 6.06. The van der Waals surface area contributed by atoms with Gasteiger partial charge in [-0.15, -0.1) is 0 Å². The fraction of sp³-hybridized carbons (Fsp3) is 1.00. The van der Waals surface area contributed by atoms with Crippen LogP contribution in [-0.4, -0.2) is 68.3 Å². The van der Waals surface area contributed by atoms with E-state index in [-0.39, 0.29) is 0 Å². The Labute approximate surface area is 111 Å². The number of nitrogens with zero attached hydrogens (tertiary/aromatic N) is 2. The van der Waals surface area contributed by atoms with Crippen LogP contribution in [0.3, 0.4) is 0 Å². The number of likely N-dealkylation sites (N-methyl/N-ethyl adjacent to an activating group) is 1. The van der Waals surface area contributed by atoms with E-state index in [2.05, 4.69) is 23.8 Å². The lowest BCUT2D eigenvalue weighted by molar-refractivity contribution is 0.000970. The molecule has 2 aliphatic heterocycles. The predicted molar refractivity (Wildman–Crippen MR) is 74.7 cm³/mol. The Morgan fingerprint density at radius 3 is 2.61 bits per heavy atom. The van der Waals surface area contributed by atoms with Gasteiger partial charge >= 0.3 is 0 Å². The molecule has 2 atom stereocenters. The first-order chi connectivity index (χ1) is 8.76. The van der Waals surface area contributed by atoms with E-state index in [0.717, 1.165) is 25.7 Å². The van der Waals surface area contributed by atoms with Gasteiger partial charge in [0.2, 0.25) is 0 Å². The minimum absolute atomic E-state index is 0.566. The molecule has 2 N–H and O–H groups in total. The van der Waals surface area contributed by atoms with Gasteiger partial charge in [-0.25, -0.2) is 0 Å². The molecule has 0 radical (unpaired) electrons. The van der Waals surface area contributed by atoms with Crippen molar-refractivity contribution in [1.29, 1.82) is 0 Å². The van der Waals surface area contributed by atoms with Gasteiger partial charge in [-0.05, 0) is 32.2 Å². The maximum absolute atomic E-state index is 6.06. The molecule has 2 saturated heterocycles. The molecule has 0 aromatic rings. The van der Waals surface area contributed by atoms with Crippen molar-refractivity contribution in [3.63, 3.8) is 0 Å². The summed E-state index contributed by atoms with van der Waals surface area (Å²) < 4.78 is 5.47. The molecule has 4 nitrogen and oxygen atoms in total. The highest BCUT2D eigenvalue weighted by Gasteiger charge is 2.32. The van der Waals surface area contributed by atoms with E-state index in [1.54, 1.807) is 0 Å². The Morgan fingerprint density at radius 2 is 2.00 bits per heavy atom. The zero-order chi connectivity index (χ0) is 13.0. The second-order valence-electron chi connectivity index (χ2n) is 5.79. The van der Waals surface area contributed by atoms with Crippen LogP contribution in [0.15, 0.2) is 0 Å². The monoisotopic (exact) mass is 255 g/mol. The van der Waals surface area contributed by atoms with Crippen molar-refractivity contribution >= 4 is 0 Å². The fourth-order valence-electron chi connectivity index (χ4n) is 3.45. The molecule has 0 aromatic carbocycles. The van der Waals surface area contributed by atoms with E-state index in [9.17, 15) is 0 Å². The lowest BCUT2D eigenvalue weighted by atomic mass is 9.89. The first kappa shape index (κ1) is 14.3. The lowest BCUT2D eigenvalue weighted by Gasteiger charge is -2.45. The summed E-state index contributed by atoms with van der Waals surface area (Å²) in [6.45, 7) is 8.47. The van der Waals surface area contributed by atoms with Gasteiger partial charge in [0.1, 0.15) is 0 Å². The second kappa shape index (κ2) is 6.85. The average Bonchev–Trinajstić information content (AvgIpc) is 2.42. The molecule has 106 valence electrons. The maximum Gasteiger partial charge on any atom is 0.0469 e. The first-order valence-electron chi connectivity index (χ1n) is 7.48. The molecular formula is C14H29N3O. The number of piperazine rings is 1. The number of ether oxygens (including phenoxy) is 1. The van der Waals surface area contributed by atoms with Gasteiger partial charge in [0.25, 0.3) is 0 Å². The van der Waals surface area contributed by atoms with Gasteiger partial charge in [-0.3, -0.25) is 4.90 Å². The van der Waals surface area contributed by atoms with E-state index in [4.69, 9.17) is 10.5 Å². The van der Waals surface area contributed by atoms with Crippen molar-refractivity contribution in [2.24, 2.45) is 11.7 Å². The van der Waals surface area contributed by atoms with E-state index in [1.165, 1.54) is 38.9 Å². The number of nitrogens with two attached hydrogens (primary N) is 1. The molecule has 2 unspecified atom stereocenters. The van der Waals surface area contributed by atoms with Gasteiger partial charge in [0.15, 0.2) is 0 Å². The minimum Gasteiger partial charge on any atom is -0.381 e. The van der Waals surface area contributed by atoms with Gasteiger partial charge in [0.05, 0.1) is 0 Å². The van der Waals surface area contributed by atoms with Crippen molar-refractivity contribution in [3.8, 4) is 0 Å². The Balaban J connectivity index is 1.94. The molecule has 2 aliphatic rings. The maximum atomic E-state index is 6.06. The molecule has 0 aromatic heterocycles. The van der Waals surface area contributed by atoms with Crippen LogP contribution in [-0.2, 0) is 4.74 Å². The summed E-state index contributed by atoms with van der Waals surface area (Å²) >= 11 is 0. The van der Waals surface area contributed by atoms with Gasteiger partial charge in [0, 0.05) is 51.5 Å². The highest BCUT2D eigenvalue weighted by Crippen LogP contribution is 2.24. The van der Waals surface area contributed by atoms with E-state index < -0.39 is 0 Å². The lowest BCUT2D eigenvalue weighted by Crippen LogP contribution is -2.58. The van der Waals surface area contributed by atoms with Crippen molar-refractivity contribution in [2.45, 2.75) is 38.3 Å². The SMILES string of the molecule is CCC1CN(C(CN)C2CCOCC2)CCN1C. The van der Waals surface area contributed by atoms with Crippen LogP contribution >= 0.6 is 0 Å².